The van der Waals surface area contributed by atoms with E-state index in [9.17, 15) is 4.79 Å². The molecule has 1 aromatic carbocycles. The van der Waals surface area contributed by atoms with Crippen molar-refractivity contribution in [2.45, 2.75) is 4.90 Å². The van der Waals surface area contributed by atoms with Gasteiger partial charge in [0.1, 0.15) is 6.07 Å². The summed E-state index contributed by atoms with van der Waals surface area (Å²) in [5.41, 5.74) is 1.28. The highest BCUT2D eigenvalue weighted by atomic mass is 32.2. The number of carbonyl (C=O) groups is 1. The SMILES string of the molecule is CSc1ccc(NC(=O)c2cnccc2C#N)cc1. The number of nitriles is 1. The number of aromatic nitrogens is 1. The van der Waals surface area contributed by atoms with Crippen molar-refractivity contribution in [3.05, 3.63) is 53.9 Å². The van der Waals surface area contributed by atoms with Gasteiger partial charge in [-0.1, -0.05) is 0 Å². The summed E-state index contributed by atoms with van der Waals surface area (Å²) >= 11 is 1.63. The Kier molecular flexibility index (Phi) is 4.16. The van der Waals surface area contributed by atoms with Crippen molar-refractivity contribution in [1.82, 2.24) is 4.98 Å². The van der Waals surface area contributed by atoms with Crippen LogP contribution in [-0.4, -0.2) is 17.1 Å². The Balaban J connectivity index is 2.19. The minimum Gasteiger partial charge on any atom is -0.322 e. The lowest BCUT2D eigenvalue weighted by Gasteiger charge is -2.06. The van der Waals surface area contributed by atoms with E-state index in [0.29, 0.717) is 11.3 Å². The van der Waals surface area contributed by atoms with E-state index in [1.165, 1.54) is 18.5 Å². The van der Waals surface area contributed by atoms with Gasteiger partial charge < -0.3 is 5.32 Å². The molecular weight excluding hydrogens is 258 g/mol. The summed E-state index contributed by atoms with van der Waals surface area (Å²) in [6.45, 7) is 0. The predicted molar refractivity (Wildman–Crippen MR) is 75.1 cm³/mol. The third-order valence-corrected chi connectivity index (χ3v) is 3.28. The molecule has 0 saturated carbocycles. The van der Waals surface area contributed by atoms with E-state index in [-0.39, 0.29) is 11.5 Å². The summed E-state index contributed by atoms with van der Waals surface area (Å²) in [7, 11) is 0. The van der Waals surface area contributed by atoms with Crippen LogP contribution >= 0.6 is 11.8 Å². The summed E-state index contributed by atoms with van der Waals surface area (Å²) in [5.74, 6) is -0.332. The van der Waals surface area contributed by atoms with E-state index >= 15 is 0 Å². The molecule has 94 valence electrons. The molecular formula is C14H11N3OS. The molecule has 1 amide bonds. The molecule has 0 fully saturated rings. The maximum absolute atomic E-state index is 12.0. The Bertz CT molecular complexity index is 632. The molecule has 0 aliphatic heterocycles. The van der Waals surface area contributed by atoms with Crippen molar-refractivity contribution in [3.8, 4) is 6.07 Å². The first-order valence-electron chi connectivity index (χ1n) is 5.54. The molecule has 2 rings (SSSR count). The standard InChI is InChI=1S/C14H11N3OS/c1-19-12-4-2-11(3-5-12)17-14(18)13-9-16-7-6-10(13)8-15/h2-7,9H,1H3,(H,17,18). The number of carbonyl (C=O) groups excluding carboxylic acids is 1. The van der Waals surface area contributed by atoms with E-state index < -0.39 is 0 Å². The summed E-state index contributed by atoms with van der Waals surface area (Å²) in [5, 5.41) is 11.7. The molecule has 19 heavy (non-hydrogen) atoms. The molecule has 1 heterocycles. The topological polar surface area (TPSA) is 65.8 Å². The van der Waals surface area contributed by atoms with Crippen LogP contribution in [0.5, 0.6) is 0 Å². The lowest BCUT2D eigenvalue weighted by Crippen LogP contribution is -2.13. The van der Waals surface area contributed by atoms with E-state index in [1.807, 2.05) is 36.6 Å². The molecule has 1 aromatic heterocycles. The highest BCUT2D eigenvalue weighted by Gasteiger charge is 2.11. The first kappa shape index (κ1) is 13.1. The zero-order valence-corrected chi connectivity index (χ0v) is 11.1. The molecule has 1 N–H and O–H groups in total. The van der Waals surface area contributed by atoms with Crippen molar-refractivity contribution >= 4 is 23.4 Å². The number of anilines is 1. The van der Waals surface area contributed by atoms with Crippen LogP contribution in [0, 0.1) is 11.3 Å². The average molecular weight is 269 g/mol. The molecule has 5 heteroatoms. The number of nitrogens with zero attached hydrogens (tertiary/aromatic N) is 2. The van der Waals surface area contributed by atoms with E-state index in [1.54, 1.807) is 11.8 Å². The highest BCUT2D eigenvalue weighted by molar-refractivity contribution is 7.98. The maximum atomic E-state index is 12.0. The van der Waals surface area contributed by atoms with Gasteiger partial charge in [0.05, 0.1) is 11.1 Å². The number of hydrogen-bond acceptors (Lipinski definition) is 4. The van der Waals surface area contributed by atoms with Crippen molar-refractivity contribution < 1.29 is 4.79 Å². The zero-order valence-electron chi connectivity index (χ0n) is 10.3. The number of thioether (sulfide) groups is 1. The average Bonchev–Trinajstić information content (AvgIpc) is 2.48. The van der Waals surface area contributed by atoms with E-state index in [0.717, 1.165) is 4.90 Å². The smallest absolute Gasteiger partial charge is 0.258 e. The number of hydrogen-bond donors (Lipinski definition) is 1. The van der Waals surface area contributed by atoms with Gasteiger partial charge in [-0.25, -0.2) is 0 Å². The largest absolute Gasteiger partial charge is 0.322 e. The van der Waals surface area contributed by atoms with Gasteiger partial charge in [0.2, 0.25) is 0 Å². The van der Waals surface area contributed by atoms with Gasteiger partial charge in [0, 0.05) is 23.0 Å². The quantitative estimate of drug-likeness (QED) is 0.870. The van der Waals surface area contributed by atoms with E-state index in [4.69, 9.17) is 5.26 Å². The number of nitrogens with one attached hydrogen (secondary N) is 1. The minimum atomic E-state index is -0.332. The van der Waals surface area contributed by atoms with E-state index in [2.05, 4.69) is 10.3 Å². The Hall–Kier alpha value is -2.32. The second kappa shape index (κ2) is 6.03. The van der Waals surface area contributed by atoms with Gasteiger partial charge in [-0.05, 0) is 36.6 Å². The van der Waals surface area contributed by atoms with Gasteiger partial charge in [0.15, 0.2) is 0 Å². The van der Waals surface area contributed by atoms with Crippen LogP contribution in [-0.2, 0) is 0 Å². The van der Waals surface area contributed by atoms with Crippen LogP contribution in [0.15, 0.2) is 47.6 Å². The third-order valence-electron chi connectivity index (χ3n) is 2.53. The lowest BCUT2D eigenvalue weighted by molar-refractivity contribution is 0.102. The molecule has 0 saturated heterocycles. The lowest BCUT2D eigenvalue weighted by atomic mass is 10.1. The third kappa shape index (κ3) is 3.12. The maximum Gasteiger partial charge on any atom is 0.258 e. The van der Waals surface area contributed by atoms with Crippen LogP contribution in [0.2, 0.25) is 0 Å². The Morgan fingerprint density at radius 3 is 2.68 bits per heavy atom. The molecule has 0 unspecified atom stereocenters. The van der Waals surface area contributed by atoms with Gasteiger partial charge >= 0.3 is 0 Å². The molecule has 0 atom stereocenters. The van der Waals surface area contributed by atoms with Crippen molar-refractivity contribution in [2.75, 3.05) is 11.6 Å². The summed E-state index contributed by atoms with van der Waals surface area (Å²) < 4.78 is 0. The fourth-order valence-electron chi connectivity index (χ4n) is 1.55. The number of rotatable bonds is 3. The molecule has 4 nitrogen and oxygen atoms in total. The molecule has 2 aromatic rings. The van der Waals surface area contributed by atoms with Crippen LogP contribution in [0.4, 0.5) is 5.69 Å². The van der Waals surface area contributed by atoms with Crippen molar-refractivity contribution in [3.63, 3.8) is 0 Å². The number of pyridine rings is 1. The Morgan fingerprint density at radius 1 is 1.32 bits per heavy atom. The fourth-order valence-corrected chi connectivity index (χ4v) is 1.95. The molecule has 0 aliphatic rings. The predicted octanol–water partition coefficient (Wildman–Crippen LogP) is 2.93. The van der Waals surface area contributed by atoms with Crippen molar-refractivity contribution in [1.29, 1.82) is 5.26 Å². The summed E-state index contributed by atoms with van der Waals surface area (Å²) in [6, 6.07) is 11.0. The summed E-state index contributed by atoms with van der Waals surface area (Å²) in [6.07, 6.45) is 4.87. The second-order valence-corrected chi connectivity index (χ2v) is 4.60. The van der Waals surface area contributed by atoms with Crippen LogP contribution in [0.25, 0.3) is 0 Å². The van der Waals surface area contributed by atoms with Crippen LogP contribution in [0.1, 0.15) is 15.9 Å². The van der Waals surface area contributed by atoms with Gasteiger partial charge in [-0.15, -0.1) is 11.8 Å². The normalized spacial score (nSPS) is 9.68. The van der Waals surface area contributed by atoms with Gasteiger partial charge in [-0.3, -0.25) is 9.78 Å². The fraction of sp³-hybridized carbons (Fsp3) is 0.0714. The molecule has 0 bridgehead atoms. The Labute approximate surface area is 115 Å². The molecule has 0 radical (unpaired) electrons. The van der Waals surface area contributed by atoms with Gasteiger partial charge in [0.25, 0.3) is 5.91 Å². The summed E-state index contributed by atoms with van der Waals surface area (Å²) in [4.78, 5) is 17.0. The first-order chi connectivity index (χ1) is 9.24. The van der Waals surface area contributed by atoms with Gasteiger partial charge in [-0.2, -0.15) is 5.26 Å². The van der Waals surface area contributed by atoms with Crippen LogP contribution in [0.3, 0.4) is 0 Å². The number of benzene rings is 1. The molecule has 0 spiro atoms. The first-order valence-corrected chi connectivity index (χ1v) is 6.76. The monoisotopic (exact) mass is 269 g/mol. The second-order valence-electron chi connectivity index (χ2n) is 3.72. The minimum absolute atomic E-state index is 0.277. The van der Waals surface area contributed by atoms with Crippen molar-refractivity contribution in [2.24, 2.45) is 0 Å². The number of amides is 1. The molecule has 0 aliphatic carbocycles. The highest BCUT2D eigenvalue weighted by Crippen LogP contribution is 2.18. The van der Waals surface area contributed by atoms with Crippen LogP contribution < -0.4 is 5.32 Å². The Morgan fingerprint density at radius 2 is 2.05 bits per heavy atom. The zero-order chi connectivity index (χ0) is 13.7.